The third kappa shape index (κ3) is 5.07. The van der Waals surface area contributed by atoms with Gasteiger partial charge in [0.2, 0.25) is 5.91 Å². The van der Waals surface area contributed by atoms with Crippen LogP contribution in [0.5, 0.6) is 0 Å². The number of amides is 3. The van der Waals surface area contributed by atoms with Crippen LogP contribution in [0.3, 0.4) is 0 Å². The van der Waals surface area contributed by atoms with Gasteiger partial charge in [0.05, 0.1) is 6.54 Å². The Balaban J connectivity index is 1.53. The third-order valence-corrected chi connectivity index (χ3v) is 4.05. The summed E-state index contributed by atoms with van der Waals surface area (Å²) in [5.74, 6) is -0.932. The van der Waals surface area contributed by atoms with E-state index in [0.29, 0.717) is 21.8 Å². The van der Waals surface area contributed by atoms with Crippen molar-refractivity contribution in [2.24, 2.45) is 0 Å². The number of benzene rings is 2. The zero-order valence-electron chi connectivity index (χ0n) is 13.9. The van der Waals surface area contributed by atoms with E-state index >= 15 is 0 Å². The number of rotatable bonds is 6. The molecule has 0 aliphatic heterocycles. The van der Waals surface area contributed by atoms with Crippen molar-refractivity contribution in [1.29, 1.82) is 0 Å². The Morgan fingerprint density at radius 2 is 1.65 bits per heavy atom. The van der Waals surface area contributed by atoms with Gasteiger partial charge in [-0.3, -0.25) is 14.4 Å². The molecule has 1 fully saturated rings. The summed E-state index contributed by atoms with van der Waals surface area (Å²) in [4.78, 5) is 36.1. The average molecular weight is 372 g/mol. The van der Waals surface area contributed by atoms with Crippen LogP contribution in [0.2, 0.25) is 5.02 Å². The van der Waals surface area contributed by atoms with Crippen LogP contribution in [0.1, 0.15) is 33.6 Å². The maximum Gasteiger partial charge on any atom is 0.251 e. The third-order valence-electron chi connectivity index (χ3n) is 3.82. The molecule has 3 amide bonds. The maximum atomic E-state index is 12.0. The molecule has 2 aromatic carbocycles. The number of hydrogen-bond donors (Lipinski definition) is 3. The molecule has 7 heteroatoms. The largest absolute Gasteiger partial charge is 0.349 e. The number of hydrogen-bond acceptors (Lipinski definition) is 3. The molecule has 6 nitrogen and oxygen atoms in total. The van der Waals surface area contributed by atoms with Gasteiger partial charge in [-0.1, -0.05) is 23.7 Å². The second-order valence-electron chi connectivity index (χ2n) is 6.07. The van der Waals surface area contributed by atoms with Crippen molar-refractivity contribution >= 4 is 35.0 Å². The monoisotopic (exact) mass is 371 g/mol. The summed E-state index contributed by atoms with van der Waals surface area (Å²) in [6.45, 7) is -0.191. The van der Waals surface area contributed by atoms with E-state index in [1.54, 1.807) is 42.5 Å². The molecule has 0 radical (unpaired) electrons. The SMILES string of the molecule is O=C(CNC(=O)c1cccc(Cl)c1)Nc1cccc(C(=O)NC2CC2)c1. The minimum absolute atomic E-state index is 0.155. The highest BCUT2D eigenvalue weighted by atomic mass is 35.5. The molecule has 0 bridgehead atoms. The first-order valence-electron chi connectivity index (χ1n) is 8.26. The van der Waals surface area contributed by atoms with Gasteiger partial charge >= 0.3 is 0 Å². The first-order valence-corrected chi connectivity index (χ1v) is 8.63. The topological polar surface area (TPSA) is 87.3 Å². The summed E-state index contributed by atoms with van der Waals surface area (Å²) in [5.41, 5.74) is 1.36. The maximum absolute atomic E-state index is 12.0. The predicted octanol–water partition coefficient (Wildman–Crippen LogP) is 2.60. The molecule has 26 heavy (non-hydrogen) atoms. The van der Waals surface area contributed by atoms with E-state index in [2.05, 4.69) is 16.0 Å². The molecule has 0 aromatic heterocycles. The minimum Gasteiger partial charge on any atom is -0.349 e. The normalized spacial score (nSPS) is 13.0. The molecule has 0 atom stereocenters. The van der Waals surface area contributed by atoms with Crippen molar-refractivity contribution in [1.82, 2.24) is 10.6 Å². The van der Waals surface area contributed by atoms with Gasteiger partial charge in [-0.25, -0.2) is 0 Å². The lowest BCUT2D eigenvalue weighted by Crippen LogP contribution is -2.33. The van der Waals surface area contributed by atoms with Crippen molar-refractivity contribution < 1.29 is 14.4 Å². The average Bonchev–Trinajstić information content (AvgIpc) is 3.44. The molecule has 134 valence electrons. The van der Waals surface area contributed by atoms with E-state index in [0.717, 1.165) is 12.8 Å². The van der Waals surface area contributed by atoms with E-state index < -0.39 is 0 Å². The molecule has 0 heterocycles. The van der Waals surface area contributed by atoms with Gasteiger partial charge in [-0.15, -0.1) is 0 Å². The molecule has 2 aromatic rings. The fraction of sp³-hybridized carbons (Fsp3) is 0.211. The van der Waals surface area contributed by atoms with Crippen LogP contribution in [0.15, 0.2) is 48.5 Å². The van der Waals surface area contributed by atoms with E-state index in [1.807, 2.05) is 0 Å². The van der Waals surface area contributed by atoms with Gasteiger partial charge in [0, 0.05) is 27.9 Å². The van der Waals surface area contributed by atoms with Crippen LogP contribution in [0.4, 0.5) is 5.69 Å². The van der Waals surface area contributed by atoms with Gasteiger partial charge < -0.3 is 16.0 Å². The Kier molecular flexibility index (Phi) is 5.53. The van der Waals surface area contributed by atoms with Crippen LogP contribution in [0, 0.1) is 0 Å². The Morgan fingerprint density at radius 3 is 2.35 bits per heavy atom. The lowest BCUT2D eigenvalue weighted by Gasteiger charge is -2.09. The number of nitrogens with one attached hydrogen (secondary N) is 3. The zero-order valence-corrected chi connectivity index (χ0v) is 14.7. The van der Waals surface area contributed by atoms with Gasteiger partial charge in [0.15, 0.2) is 0 Å². The van der Waals surface area contributed by atoms with Crippen molar-refractivity contribution in [3.8, 4) is 0 Å². The van der Waals surface area contributed by atoms with Crippen molar-refractivity contribution in [3.05, 3.63) is 64.7 Å². The molecule has 1 aliphatic carbocycles. The Labute approximate surface area is 155 Å². The highest BCUT2D eigenvalue weighted by Gasteiger charge is 2.23. The number of halogens is 1. The van der Waals surface area contributed by atoms with Crippen LogP contribution in [0.25, 0.3) is 0 Å². The summed E-state index contributed by atoms with van der Waals surface area (Å²) in [7, 11) is 0. The number of anilines is 1. The van der Waals surface area contributed by atoms with Crippen LogP contribution in [-0.2, 0) is 4.79 Å². The highest BCUT2D eigenvalue weighted by Crippen LogP contribution is 2.20. The molecule has 0 spiro atoms. The lowest BCUT2D eigenvalue weighted by molar-refractivity contribution is -0.115. The Morgan fingerprint density at radius 1 is 0.962 bits per heavy atom. The second-order valence-corrected chi connectivity index (χ2v) is 6.51. The number of carbonyl (C=O) groups excluding carboxylic acids is 3. The van der Waals surface area contributed by atoms with E-state index in [9.17, 15) is 14.4 Å². The van der Waals surface area contributed by atoms with Crippen LogP contribution >= 0.6 is 11.6 Å². The van der Waals surface area contributed by atoms with E-state index in [4.69, 9.17) is 11.6 Å². The first-order chi connectivity index (χ1) is 12.5. The van der Waals surface area contributed by atoms with Gasteiger partial charge in [-0.05, 0) is 49.2 Å². The van der Waals surface area contributed by atoms with Crippen molar-refractivity contribution in [2.75, 3.05) is 11.9 Å². The van der Waals surface area contributed by atoms with E-state index in [-0.39, 0.29) is 30.3 Å². The van der Waals surface area contributed by atoms with Gasteiger partial charge in [0.1, 0.15) is 0 Å². The molecular formula is C19H18ClN3O3. The molecular weight excluding hydrogens is 354 g/mol. The summed E-state index contributed by atoms with van der Waals surface area (Å²) in [6.07, 6.45) is 2.02. The zero-order chi connectivity index (χ0) is 18.5. The second kappa shape index (κ2) is 8.01. The fourth-order valence-electron chi connectivity index (χ4n) is 2.33. The highest BCUT2D eigenvalue weighted by molar-refractivity contribution is 6.31. The number of carbonyl (C=O) groups is 3. The predicted molar refractivity (Wildman–Crippen MR) is 99.3 cm³/mol. The standard InChI is InChI=1S/C19H18ClN3O3/c20-14-5-1-3-12(9-14)18(25)21-11-17(24)22-16-6-2-4-13(10-16)19(26)23-15-7-8-15/h1-6,9-10,15H,7-8,11H2,(H,21,25)(H,22,24)(H,23,26). The summed E-state index contributed by atoms with van der Waals surface area (Å²) in [6, 6.07) is 13.4. The summed E-state index contributed by atoms with van der Waals surface area (Å²) < 4.78 is 0. The Hall–Kier alpha value is -2.86. The first kappa shape index (κ1) is 17.9. The minimum atomic E-state index is -0.389. The van der Waals surface area contributed by atoms with Crippen LogP contribution in [-0.4, -0.2) is 30.3 Å². The lowest BCUT2D eigenvalue weighted by atomic mass is 10.2. The van der Waals surface area contributed by atoms with Crippen LogP contribution < -0.4 is 16.0 Å². The smallest absolute Gasteiger partial charge is 0.251 e. The van der Waals surface area contributed by atoms with E-state index in [1.165, 1.54) is 6.07 Å². The molecule has 0 unspecified atom stereocenters. The van der Waals surface area contributed by atoms with Gasteiger partial charge in [-0.2, -0.15) is 0 Å². The summed E-state index contributed by atoms with van der Waals surface area (Å²) in [5, 5.41) is 8.54. The fourth-order valence-corrected chi connectivity index (χ4v) is 2.52. The van der Waals surface area contributed by atoms with Gasteiger partial charge in [0.25, 0.3) is 11.8 Å². The molecule has 3 N–H and O–H groups in total. The Bertz CT molecular complexity index is 849. The van der Waals surface area contributed by atoms with Crippen molar-refractivity contribution in [3.63, 3.8) is 0 Å². The molecule has 1 aliphatic rings. The quantitative estimate of drug-likeness (QED) is 0.729. The molecule has 0 saturated heterocycles. The molecule has 3 rings (SSSR count). The molecule has 1 saturated carbocycles. The van der Waals surface area contributed by atoms with Crippen molar-refractivity contribution in [2.45, 2.75) is 18.9 Å². The summed E-state index contributed by atoms with van der Waals surface area (Å²) >= 11 is 5.84.